The molecule has 2 aliphatic heterocycles. The van der Waals surface area contributed by atoms with Gasteiger partial charge in [0.05, 0.1) is 12.7 Å². The predicted molar refractivity (Wildman–Crippen MR) is 47.9 cm³/mol. The van der Waals surface area contributed by atoms with Crippen molar-refractivity contribution in [2.45, 2.75) is 25.4 Å². The van der Waals surface area contributed by atoms with Gasteiger partial charge >= 0.3 is 0 Å². The van der Waals surface area contributed by atoms with Gasteiger partial charge in [-0.3, -0.25) is 0 Å². The number of rotatable bonds is 1. The van der Waals surface area contributed by atoms with Crippen molar-refractivity contribution in [1.29, 1.82) is 0 Å². The van der Waals surface area contributed by atoms with E-state index in [1.165, 1.54) is 19.4 Å². The van der Waals surface area contributed by atoms with E-state index in [2.05, 4.69) is 5.32 Å². The van der Waals surface area contributed by atoms with Gasteiger partial charge in [-0.05, 0) is 25.8 Å². The Kier molecular flexibility index (Phi) is 2.35. The summed E-state index contributed by atoms with van der Waals surface area (Å²) in [5, 5.41) is 3.44. The summed E-state index contributed by atoms with van der Waals surface area (Å²) in [6.07, 6.45) is 4.10. The van der Waals surface area contributed by atoms with Gasteiger partial charge in [0, 0.05) is 18.5 Å². The molecule has 70 valence electrons. The molecule has 3 nitrogen and oxygen atoms in total. The monoisotopic (exact) mass is 170 g/mol. The first-order valence-corrected chi connectivity index (χ1v) is 4.87. The Bertz CT molecular complexity index is 155. The third-order valence-corrected chi connectivity index (χ3v) is 3.11. The molecule has 2 heterocycles. The molecule has 0 bridgehead atoms. The van der Waals surface area contributed by atoms with Crippen molar-refractivity contribution < 1.29 is 4.74 Å². The molecule has 0 radical (unpaired) electrons. The van der Waals surface area contributed by atoms with Crippen LogP contribution < -0.4 is 11.1 Å². The minimum atomic E-state index is 0.324. The Morgan fingerprint density at radius 3 is 3.08 bits per heavy atom. The van der Waals surface area contributed by atoms with E-state index >= 15 is 0 Å². The molecule has 2 rings (SSSR count). The first-order valence-electron chi connectivity index (χ1n) is 4.87. The minimum absolute atomic E-state index is 0.324. The molecule has 3 N–H and O–H groups in total. The van der Waals surface area contributed by atoms with Crippen molar-refractivity contribution in [1.82, 2.24) is 5.32 Å². The lowest BCUT2D eigenvalue weighted by Crippen LogP contribution is -2.40. The first kappa shape index (κ1) is 8.48. The largest absolute Gasteiger partial charge is 0.376 e. The van der Waals surface area contributed by atoms with E-state index in [9.17, 15) is 0 Å². The minimum Gasteiger partial charge on any atom is -0.376 e. The summed E-state index contributed by atoms with van der Waals surface area (Å²) in [5.41, 5.74) is 6.01. The molecular formula is C9H18N2O. The predicted octanol–water partition coefficient (Wildman–Crippen LogP) is 0.104. The maximum Gasteiger partial charge on any atom is 0.0704 e. The number of hydrogen-bond donors (Lipinski definition) is 2. The summed E-state index contributed by atoms with van der Waals surface area (Å²) in [5.74, 6) is 0. The number of piperidine rings is 1. The fraction of sp³-hybridized carbons (Fsp3) is 1.00. The van der Waals surface area contributed by atoms with Crippen molar-refractivity contribution in [3.63, 3.8) is 0 Å². The fourth-order valence-corrected chi connectivity index (χ4v) is 2.37. The summed E-state index contributed by atoms with van der Waals surface area (Å²) in [7, 11) is 0. The summed E-state index contributed by atoms with van der Waals surface area (Å²) in [6.45, 7) is 3.90. The van der Waals surface area contributed by atoms with Crippen LogP contribution in [0, 0.1) is 5.41 Å². The molecule has 3 heteroatoms. The highest BCUT2D eigenvalue weighted by Crippen LogP contribution is 2.37. The number of hydrogen-bond acceptors (Lipinski definition) is 3. The zero-order chi connectivity index (χ0) is 8.44. The van der Waals surface area contributed by atoms with Gasteiger partial charge in [0.2, 0.25) is 0 Å². The van der Waals surface area contributed by atoms with E-state index in [0.29, 0.717) is 18.1 Å². The number of nitrogens with one attached hydrogen (secondary N) is 1. The Morgan fingerprint density at radius 1 is 1.58 bits per heavy atom. The van der Waals surface area contributed by atoms with E-state index in [4.69, 9.17) is 10.5 Å². The third kappa shape index (κ3) is 1.49. The van der Waals surface area contributed by atoms with E-state index in [1.54, 1.807) is 0 Å². The molecule has 0 aliphatic carbocycles. The molecule has 2 saturated heterocycles. The highest BCUT2D eigenvalue weighted by Gasteiger charge is 2.40. The average Bonchev–Trinajstić information content (AvgIpc) is 2.50. The van der Waals surface area contributed by atoms with Gasteiger partial charge in [0.25, 0.3) is 0 Å². The maximum absolute atomic E-state index is 5.63. The smallest absolute Gasteiger partial charge is 0.0704 e. The van der Waals surface area contributed by atoms with Gasteiger partial charge in [0.1, 0.15) is 0 Å². The van der Waals surface area contributed by atoms with E-state index in [0.717, 1.165) is 19.6 Å². The Labute approximate surface area is 73.7 Å². The number of ether oxygens (including phenoxy) is 1. The summed E-state index contributed by atoms with van der Waals surface area (Å²) < 4.78 is 5.63. The third-order valence-electron chi connectivity index (χ3n) is 3.11. The lowest BCUT2D eigenvalue weighted by atomic mass is 9.79. The van der Waals surface area contributed by atoms with Crippen LogP contribution in [0.2, 0.25) is 0 Å². The van der Waals surface area contributed by atoms with Gasteiger partial charge in [-0.25, -0.2) is 0 Å². The molecule has 0 aromatic rings. The lowest BCUT2D eigenvalue weighted by Gasteiger charge is -2.32. The standard InChI is InChI=1S/C9H18N2O/c10-5-8-4-9(7-12-8)2-1-3-11-6-9/h8,11H,1-7,10H2/t8-,9+/m1/s1. The molecule has 12 heavy (non-hydrogen) atoms. The van der Waals surface area contributed by atoms with E-state index < -0.39 is 0 Å². The zero-order valence-electron chi connectivity index (χ0n) is 7.51. The molecule has 0 amide bonds. The molecule has 2 aliphatic rings. The van der Waals surface area contributed by atoms with Crippen LogP contribution in [-0.2, 0) is 4.74 Å². The molecule has 2 fully saturated rings. The topological polar surface area (TPSA) is 47.3 Å². The van der Waals surface area contributed by atoms with Gasteiger partial charge in [-0.1, -0.05) is 0 Å². The molecule has 0 aromatic heterocycles. The van der Waals surface area contributed by atoms with Gasteiger partial charge in [-0.15, -0.1) is 0 Å². The van der Waals surface area contributed by atoms with Crippen LogP contribution in [-0.4, -0.2) is 32.3 Å². The van der Waals surface area contributed by atoms with Crippen LogP contribution in [0.1, 0.15) is 19.3 Å². The molecule has 2 atom stereocenters. The van der Waals surface area contributed by atoms with Gasteiger partial charge < -0.3 is 15.8 Å². The maximum atomic E-state index is 5.63. The summed E-state index contributed by atoms with van der Waals surface area (Å²) in [6, 6.07) is 0. The second-order valence-electron chi connectivity index (χ2n) is 4.15. The lowest BCUT2D eigenvalue weighted by molar-refractivity contribution is 0.0923. The highest BCUT2D eigenvalue weighted by molar-refractivity contribution is 4.92. The quantitative estimate of drug-likeness (QED) is 0.587. The molecule has 0 saturated carbocycles. The summed E-state index contributed by atoms with van der Waals surface area (Å²) in [4.78, 5) is 0. The normalized spacial score (nSPS) is 42.2. The molecular weight excluding hydrogens is 152 g/mol. The van der Waals surface area contributed by atoms with Crippen LogP contribution in [0.15, 0.2) is 0 Å². The van der Waals surface area contributed by atoms with Crippen molar-refractivity contribution in [3.8, 4) is 0 Å². The van der Waals surface area contributed by atoms with Crippen molar-refractivity contribution in [3.05, 3.63) is 0 Å². The molecule has 1 spiro atoms. The van der Waals surface area contributed by atoms with Crippen LogP contribution in [0.3, 0.4) is 0 Å². The molecule has 0 aromatic carbocycles. The van der Waals surface area contributed by atoms with E-state index in [1.807, 2.05) is 0 Å². The summed E-state index contributed by atoms with van der Waals surface area (Å²) >= 11 is 0. The van der Waals surface area contributed by atoms with Gasteiger partial charge in [-0.2, -0.15) is 0 Å². The van der Waals surface area contributed by atoms with Crippen molar-refractivity contribution >= 4 is 0 Å². The van der Waals surface area contributed by atoms with Crippen LogP contribution >= 0.6 is 0 Å². The van der Waals surface area contributed by atoms with E-state index in [-0.39, 0.29) is 0 Å². The van der Waals surface area contributed by atoms with Gasteiger partial charge in [0.15, 0.2) is 0 Å². The van der Waals surface area contributed by atoms with Crippen molar-refractivity contribution in [2.75, 3.05) is 26.2 Å². The zero-order valence-corrected chi connectivity index (χ0v) is 7.51. The Hall–Kier alpha value is -0.120. The second kappa shape index (κ2) is 3.32. The Morgan fingerprint density at radius 2 is 2.50 bits per heavy atom. The van der Waals surface area contributed by atoms with Crippen molar-refractivity contribution in [2.24, 2.45) is 11.1 Å². The fourth-order valence-electron chi connectivity index (χ4n) is 2.37. The highest BCUT2D eigenvalue weighted by atomic mass is 16.5. The van der Waals surface area contributed by atoms with Crippen LogP contribution in [0.4, 0.5) is 0 Å². The average molecular weight is 170 g/mol. The number of nitrogens with two attached hydrogens (primary N) is 1. The van der Waals surface area contributed by atoms with Crippen LogP contribution in [0.5, 0.6) is 0 Å². The second-order valence-corrected chi connectivity index (χ2v) is 4.15. The SMILES string of the molecule is NC[C@H]1C[C@]2(CCCNC2)CO1. The van der Waals surface area contributed by atoms with Crippen LogP contribution in [0.25, 0.3) is 0 Å². The first-order chi connectivity index (χ1) is 5.85. The molecule has 0 unspecified atom stereocenters. The Balaban J connectivity index is 1.94.